The van der Waals surface area contributed by atoms with Crippen LogP contribution >= 0.6 is 0 Å². The lowest BCUT2D eigenvalue weighted by Gasteiger charge is -2.25. The molecule has 1 aromatic heterocycles. The van der Waals surface area contributed by atoms with E-state index >= 15 is 0 Å². The van der Waals surface area contributed by atoms with Crippen molar-refractivity contribution >= 4 is 22.8 Å². The van der Waals surface area contributed by atoms with Gasteiger partial charge in [-0.25, -0.2) is 4.39 Å². The number of nitrogens with one attached hydrogen (secondary N) is 1. The van der Waals surface area contributed by atoms with E-state index in [-0.39, 0.29) is 30.3 Å². The smallest absolute Gasteiger partial charge is 0.325 e. The predicted molar refractivity (Wildman–Crippen MR) is 131 cm³/mol. The van der Waals surface area contributed by atoms with Crippen molar-refractivity contribution in [2.75, 3.05) is 6.61 Å². The standard InChI is InChI=1S/C28H33FN2O3/c1-4-34-28(33)17-31-25-12-10-21(29)15-23(25)24-16-22(11-13-26(24)31)30-27(32)14-7-19-5-8-20(9-6-19)18(2)3/h5-6,8-10,12,15,18,22H,4,7,11,13-14,16-17H2,1-3H3,(H,30,32)/t22-/m0/s1. The van der Waals surface area contributed by atoms with E-state index in [0.717, 1.165) is 34.1 Å². The molecule has 34 heavy (non-hydrogen) atoms. The molecule has 1 amide bonds. The Labute approximate surface area is 200 Å². The number of aryl methyl sites for hydroxylation is 1. The summed E-state index contributed by atoms with van der Waals surface area (Å²) in [6.45, 7) is 6.55. The zero-order valence-electron chi connectivity index (χ0n) is 20.2. The molecule has 1 aliphatic carbocycles. The van der Waals surface area contributed by atoms with Crippen LogP contribution in [-0.4, -0.2) is 29.1 Å². The van der Waals surface area contributed by atoms with Crippen molar-refractivity contribution in [1.29, 1.82) is 0 Å². The Balaban J connectivity index is 1.44. The van der Waals surface area contributed by atoms with E-state index in [1.54, 1.807) is 13.0 Å². The molecule has 2 aromatic carbocycles. The van der Waals surface area contributed by atoms with Gasteiger partial charge >= 0.3 is 5.97 Å². The molecule has 5 nitrogen and oxygen atoms in total. The maximum absolute atomic E-state index is 14.1. The topological polar surface area (TPSA) is 60.3 Å². The summed E-state index contributed by atoms with van der Waals surface area (Å²) < 4.78 is 21.2. The molecule has 1 aliphatic rings. The van der Waals surface area contributed by atoms with Crippen LogP contribution in [0.2, 0.25) is 0 Å². The molecule has 1 heterocycles. The van der Waals surface area contributed by atoms with Crippen LogP contribution in [0.4, 0.5) is 4.39 Å². The van der Waals surface area contributed by atoms with E-state index < -0.39 is 0 Å². The fourth-order valence-electron chi connectivity index (χ4n) is 4.89. The van der Waals surface area contributed by atoms with Crippen molar-refractivity contribution in [3.8, 4) is 0 Å². The number of carbonyl (C=O) groups is 2. The number of amides is 1. The number of benzene rings is 2. The first-order valence-electron chi connectivity index (χ1n) is 12.2. The highest BCUT2D eigenvalue weighted by Crippen LogP contribution is 2.33. The average Bonchev–Trinajstić information content (AvgIpc) is 3.10. The molecule has 1 N–H and O–H groups in total. The molecular formula is C28H33FN2O3. The van der Waals surface area contributed by atoms with E-state index in [4.69, 9.17) is 4.74 Å². The zero-order valence-corrected chi connectivity index (χ0v) is 20.2. The van der Waals surface area contributed by atoms with Crippen LogP contribution in [0.15, 0.2) is 42.5 Å². The first-order chi connectivity index (χ1) is 16.4. The molecule has 4 rings (SSSR count). The monoisotopic (exact) mass is 464 g/mol. The summed E-state index contributed by atoms with van der Waals surface area (Å²) in [7, 11) is 0. The normalized spacial score (nSPS) is 15.4. The molecule has 0 radical (unpaired) electrons. The lowest BCUT2D eigenvalue weighted by Crippen LogP contribution is -2.39. The summed E-state index contributed by atoms with van der Waals surface area (Å²) in [6, 6.07) is 13.1. The van der Waals surface area contributed by atoms with Gasteiger partial charge in [0.2, 0.25) is 5.91 Å². The molecule has 6 heteroatoms. The summed E-state index contributed by atoms with van der Waals surface area (Å²) in [6.07, 6.45) is 3.26. The van der Waals surface area contributed by atoms with Crippen molar-refractivity contribution in [1.82, 2.24) is 9.88 Å². The highest BCUT2D eigenvalue weighted by atomic mass is 19.1. The number of carbonyl (C=O) groups excluding carboxylic acids is 2. The lowest BCUT2D eigenvalue weighted by atomic mass is 9.91. The third kappa shape index (κ3) is 5.32. The van der Waals surface area contributed by atoms with Gasteiger partial charge in [-0.2, -0.15) is 0 Å². The Morgan fingerprint density at radius 2 is 1.94 bits per heavy atom. The summed E-state index contributed by atoms with van der Waals surface area (Å²) in [5.41, 5.74) is 5.33. The fraction of sp³-hybridized carbons (Fsp3) is 0.429. The lowest BCUT2D eigenvalue weighted by molar-refractivity contribution is -0.143. The largest absolute Gasteiger partial charge is 0.465 e. The van der Waals surface area contributed by atoms with Gasteiger partial charge in [0.05, 0.1) is 6.61 Å². The van der Waals surface area contributed by atoms with Gasteiger partial charge in [0.1, 0.15) is 12.4 Å². The van der Waals surface area contributed by atoms with Crippen LogP contribution in [0.3, 0.4) is 0 Å². The third-order valence-corrected chi connectivity index (χ3v) is 6.67. The minimum absolute atomic E-state index is 0.00627. The number of halogens is 1. The van der Waals surface area contributed by atoms with Crippen LogP contribution in [-0.2, 0) is 40.1 Å². The van der Waals surface area contributed by atoms with Gasteiger partial charge in [-0.3, -0.25) is 9.59 Å². The Bertz CT molecular complexity index is 1180. The van der Waals surface area contributed by atoms with Crippen LogP contribution < -0.4 is 5.32 Å². The summed E-state index contributed by atoms with van der Waals surface area (Å²) >= 11 is 0. The first-order valence-corrected chi connectivity index (χ1v) is 12.2. The second-order valence-corrected chi connectivity index (χ2v) is 9.38. The van der Waals surface area contributed by atoms with Crippen molar-refractivity contribution in [2.24, 2.45) is 0 Å². The van der Waals surface area contributed by atoms with Gasteiger partial charge < -0.3 is 14.6 Å². The quantitative estimate of drug-likeness (QED) is 0.474. The number of aromatic nitrogens is 1. The van der Waals surface area contributed by atoms with Crippen molar-refractivity contribution in [2.45, 2.75) is 71.4 Å². The highest BCUT2D eigenvalue weighted by molar-refractivity contribution is 5.87. The van der Waals surface area contributed by atoms with Crippen molar-refractivity contribution in [3.05, 3.63) is 70.7 Å². The van der Waals surface area contributed by atoms with Crippen LogP contribution in [0.1, 0.15) is 61.9 Å². The minimum Gasteiger partial charge on any atom is -0.465 e. The number of hydrogen-bond acceptors (Lipinski definition) is 3. The SMILES string of the molecule is CCOC(=O)Cn1c2c(c3cc(F)ccc31)C[C@@H](NC(=O)CCc1ccc(C(C)C)cc1)CC2. The first kappa shape index (κ1) is 24.0. The van der Waals surface area contributed by atoms with Crippen molar-refractivity contribution < 1.29 is 18.7 Å². The number of nitrogens with zero attached hydrogens (tertiary/aromatic N) is 1. The summed E-state index contributed by atoms with van der Waals surface area (Å²) in [5, 5.41) is 3.98. The number of rotatable bonds is 8. The van der Waals surface area contributed by atoms with Gasteiger partial charge in [-0.05, 0) is 73.4 Å². The fourth-order valence-corrected chi connectivity index (χ4v) is 4.89. The maximum Gasteiger partial charge on any atom is 0.325 e. The molecule has 180 valence electrons. The zero-order chi connectivity index (χ0) is 24.2. The van der Waals surface area contributed by atoms with Gasteiger partial charge in [0, 0.05) is 29.1 Å². The second-order valence-electron chi connectivity index (χ2n) is 9.38. The molecule has 0 unspecified atom stereocenters. The minimum atomic E-state index is -0.307. The molecule has 3 aromatic rings. The van der Waals surface area contributed by atoms with Crippen LogP contribution in [0, 0.1) is 5.82 Å². The predicted octanol–water partition coefficient (Wildman–Crippen LogP) is 5.07. The van der Waals surface area contributed by atoms with Gasteiger partial charge in [-0.15, -0.1) is 0 Å². The van der Waals surface area contributed by atoms with Crippen molar-refractivity contribution in [3.63, 3.8) is 0 Å². The second kappa shape index (κ2) is 10.4. The maximum atomic E-state index is 14.1. The molecular weight excluding hydrogens is 431 g/mol. The highest BCUT2D eigenvalue weighted by Gasteiger charge is 2.27. The average molecular weight is 465 g/mol. The summed E-state index contributed by atoms with van der Waals surface area (Å²) in [5.74, 6) is -0.0883. The molecule has 0 spiro atoms. The molecule has 0 aliphatic heterocycles. The van der Waals surface area contributed by atoms with Gasteiger partial charge in [0.15, 0.2) is 0 Å². The number of ether oxygens (including phenoxy) is 1. The number of fused-ring (bicyclic) bond motifs is 3. The molecule has 0 saturated heterocycles. The van der Waals surface area contributed by atoms with E-state index in [2.05, 4.69) is 43.4 Å². The molecule has 1 atom stereocenters. The molecule has 0 bridgehead atoms. The van der Waals surface area contributed by atoms with Crippen LogP contribution in [0.5, 0.6) is 0 Å². The Hall–Kier alpha value is -3.15. The van der Waals surface area contributed by atoms with E-state index in [0.29, 0.717) is 38.2 Å². The van der Waals surface area contributed by atoms with Gasteiger partial charge in [0.25, 0.3) is 0 Å². The van der Waals surface area contributed by atoms with Crippen LogP contribution in [0.25, 0.3) is 10.9 Å². The van der Waals surface area contributed by atoms with E-state index in [1.165, 1.54) is 17.7 Å². The van der Waals surface area contributed by atoms with Gasteiger partial charge in [-0.1, -0.05) is 38.1 Å². The van der Waals surface area contributed by atoms with E-state index in [9.17, 15) is 14.0 Å². The number of hydrogen-bond donors (Lipinski definition) is 1. The molecule has 0 fully saturated rings. The third-order valence-electron chi connectivity index (χ3n) is 6.67. The molecule has 0 saturated carbocycles. The Kier molecular flexibility index (Phi) is 7.35. The van der Waals surface area contributed by atoms with E-state index in [1.807, 2.05) is 4.57 Å². The Morgan fingerprint density at radius 3 is 2.65 bits per heavy atom. The summed E-state index contributed by atoms with van der Waals surface area (Å²) in [4.78, 5) is 24.9. The number of esters is 1. The Morgan fingerprint density at radius 1 is 1.18 bits per heavy atom.